The molecule has 154 valence electrons. The van der Waals surface area contributed by atoms with Crippen molar-refractivity contribution in [1.29, 1.82) is 0 Å². The zero-order valence-electron chi connectivity index (χ0n) is 17.4. The number of rotatable bonds is 5. The summed E-state index contributed by atoms with van der Waals surface area (Å²) in [6.07, 6.45) is 6.15. The topological polar surface area (TPSA) is 0 Å². The standard InChI is InChI=1S/C27H25F3/c1-3-5-17-6-8-19(9-7-17)20-10-11-21-15-24(25(28)16-22(21)14-20)23-13-12-18(4-2)26(29)27(23)30/h6-9,12-16H,3-5,10-11H2,1-2H3. The summed E-state index contributed by atoms with van der Waals surface area (Å²) >= 11 is 0. The molecule has 3 aromatic carbocycles. The number of hydrogen-bond donors (Lipinski definition) is 0. The zero-order chi connectivity index (χ0) is 21.3. The third kappa shape index (κ3) is 3.81. The average molecular weight is 406 g/mol. The average Bonchev–Trinajstić information content (AvgIpc) is 2.76. The molecule has 0 aliphatic heterocycles. The second-order valence-corrected chi connectivity index (χ2v) is 7.90. The summed E-state index contributed by atoms with van der Waals surface area (Å²) in [5.41, 5.74) is 5.79. The minimum absolute atomic E-state index is 0.0220. The van der Waals surface area contributed by atoms with E-state index in [1.54, 1.807) is 13.0 Å². The Balaban J connectivity index is 1.70. The Morgan fingerprint density at radius 3 is 2.27 bits per heavy atom. The quantitative estimate of drug-likeness (QED) is 0.406. The van der Waals surface area contributed by atoms with Crippen molar-refractivity contribution in [3.8, 4) is 11.1 Å². The summed E-state index contributed by atoms with van der Waals surface area (Å²) in [5, 5.41) is 0. The van der Waals surface area contributed by atoms with Crippen LogP contribution in [0.25, 0.3) is 22.8 Å². The summed E-state index contributed by atoms with van der Waals surface area (Å²) in [7, 11) is 0. The molecule has 0 saturated carbocycles. The Hall–Kier alpha value is -2.81. The van der Waals surface area contributed by atoms with E-state index < -0.39 is 17.5 Å². The van der Waals surface area contributed by atoms with E-state index in [1.807, 2.05) is 6.08 Å². The van der Waals surface area contributed by atoms with Crippen LogP contribution in [-0.2, 0) is 19.3 Å². The molecule has 0 aromatic heterocycles. The third-order valence-corrected chi connectivity index (χ3v) is 5.92. The lowest BCUT2D eigenvalue weighted by molar-refractivity contribution is 0.501. The minimum Gasteiger partial charge on any atom is -0.206 e. The Morgan fingerprint density at radius 2 is 1.57 bits per heavy atom. The minimum atomic E-state index is -0.979. The summed E-state index contributed by atoms with van der Waals surface area (Å²) in [4.78, 5) is 0. The fraction of sp³-hybridized carbons (Fsp3) is 0.259. The Morgan fingerprint density at radius 1 is 0.800 bits per heavy atom. The lowest BCUT2D eigenvalue weighted by Gasteiger charge is -2.19. The molecule has 1 aliphatic carbocycles. The van der Waals surface area contributed by atoms with Gasteiger partial charge in [0.2, 0.25) is 0 Å². The van der Waals surface area contributed by atoms with Gasteiger partial charge >= 0.3 is 0 Å². The van der Waals surface area contributed by atoms with Crippen LogP contribution in [0.5, 0.6) is 0 Å². The molecule has 0 bridgehead atoms. The van der Waals surface area contributed by atoms with Gasteiger partial charge in [0, 0.05) is 11.1 Å². The van der Waals surface area contributed by atoms with Crippen LogP contribution in [0, 0.1) is 17.5 Å². The summed E-state index contributed by atoms with van der Waals surface area (Å²) in [6.45, 7) is 3.92. The van der Waals surface area contributed by atoms with Crippen molar-refractivity contribution in [2.45, 2.75) is 46.0 Å². The molecule has 3 aromatic rings. The number of hydrogen-bond acceptors (Lipinski definition) is 0. The van der Waals surface area contributed by atoms with Crippen LogP contribution in [0.2, 0.25) is 0 Å². The second kappa shape index (κ2) is 8.51. The third-order valence-electron chi connectivity index (χ3n) is 5.92. The fourth-order valence-corrected chi connectivity index (χ4v) is 4.19. The fourth-order valence-electron chi connectivity index (χ4n) is 4.19. The lowest BCUT2D eigenvalue weighted by atomic mass is 9.86. The maximum absolute atomic E-state index is 14.9. The highest BCUT2D eigenvalue weighted by Gasteiger charge is 2.20. The monoisotopic (exact) mass is 406 g/mol. The Labute approximate surface area is 176 Å². The van der Waals surface area contributed by atoms with Crippen molar-refractivity contribution in [3.05, 3.63) is 93.8 Å². The maximum Gasteiger partial charge on any atom is 0.167 e. The predicted octanol–water partition coefficient (Wildman–Crippen LogP) is 7.77. The first kappa shape index (κ1) is 20.5. The van der Waals surface area contributed by atoms with Crippen molar-refractivity contribution in [3.63, 3.8) is 0 Å². The summed E-state index contributed by atoms with van der Waals surface area (Å²) < 4.78 is 43.7. The van der Waals surface area contributed by atoms with Crippen molar-refractivity contribution >= 4 is 11.6 Å². The molecule has 0 fully saturated rings. The molecule has 0 atom stereocenters. The Bertz CT molecular complexity index is 1110. The van der Waals surface area contributed by atoms with E-state index in [9.17, 15) is 13.2 Å². The van der Waals surface area contributed by atoms with Gasteiger partial charge in [0.25, 0.3) is 0 Å². The Kier molecular flexibility index (Phi) is 5.80. The van der Waals surface area contributed by atoms with Crippen molar-refractivity contribution < 1.29 is 13.2 Å². The van der Waals surface area contributed by atoms with E-state index in [-0.39, 0.29) is 11.1 Å². The first-order valence-electron chi connectivity index (χ1n) is 10.6. The molecule has 3 heteroatoms. The summed E-state index contributed by atoms with van der Waals surface area (Å²) in [6, 6.07) is 14.7. The largest absolute Gasteiger partial charge is 0.206 e. The van der Waals surface area contributed by atoms with Gasteiger partial charge in [0.15, 0.2) is 11.6 Å². The molecule has 0 N–H and O–H groups in total. The molecule has 4 rings (SSSR count). The molecular formula is C27H25F3. The van der Waals surface area contributed by atoms with E-state index in [2.05, 4.69) is 31.2 Å². The normalized spacial score (nSPS) is 13.2. The molecular weight excluding hydrogens is 381 g/mol. The molecule has 0 amide bonds. The summed E-state index contributed by atoms with van der Waals surface area (Å²) in [5.74, 6) is -2.40. The van der Waals surface area contributed by atoms with E-state index >= 15 is 0 Å². The maximum atomic E-state index is 14.9. The van der Waals surface area contributed by atoms with Crippen LogP contribution >= 0.6 is 0 Å². The molecule has 0 saturated heterocycles. The van der Waals surface area contributed by atoms with Crippen LogP contribution < -0.4 is 0 Å². The molecule has 0 nitrogen and oxygen atoms in total. The van der Waals surface area contributed by atoms with Crippen LogP contribution in [0.15, 0.2) is 48.5 Å². The zero-order valence-corrected chi connectivity index (χ0v) is 17.4. The van der Waals surface area contributed by atoms with Crippen LogP contribution in [-0.4, -0.2) is 0 Å². The molecule has 1 aliphatic rings. The van der Waals surface area contributed by atoms with Gasteiger partial charge in [0.05, 0.1) is 0 Å². The first-order chi connectivity index (χ1) is 14.5. The number of halogens is 3. The van der Waals surface area contributed by atoms with Crippen LogP contribution in [0.1, 0.15) is 54.5 Å². The number of benzene rings is 3. The molecule has 0 spiro atoms. The van der Waals surface area contributed by atoms with Gasteiger partial charge in [-0.3, -0.25) is 0 Å². The van der Waals surface area contributed by atoms with E-state index in [1.165, 1.54) is 29.3 Å². The highest BCUT2D eigenvalue weighted by Crippen LogP contribution is 2.36. The van der Waals surface area contributed by atoms with Crippen LogP contribution in [0.3, 0.4) is 0 Å². The van der Waals surface area contributed by atoms with Gasteiger partial charge in [-0.1, -0.05) is 62.7 Å². The van der Waals surface area contributed by atoms with Crippen LogP contribution in [0.4, 0.5) is 13.2 Å². The number of aryl methyl sites for hydroxylation is 3. The molecule has 0 radical (unpaired) electrons. The smallest absolute Gasteiger partial charge is 0.167 e. The van der Waals surface area contributed by atoms with E-state index in [0.29, 0.717) is 12.0 Å². The van der Waals surface area contributed by atoms with Gasteiger partial charge in [-0.2, -0.15) is 0 Å². The van der Waals surface area contributed by atoms with Gasteiger partial charge in [-0.25, -0.2) is 13.2 Å². The SMILES string of the molecule is CCCc1ccc(C2=Cc3cc(F)c(-c4ccc(CC)c(F)c4F)cc3CC2)cc1. The molecule has 0 heterocycles. The van der Waals surface area contributed by atoms with Crippen molar-refractivity contribution in [1.82, 2.24) is 0 Å². The van der Waals surface area contributed by atoms with Crippen molar-refractivity contribution in [2.24, 2.45) is 0 Å². The van der Waals surface area contributed by atoms with E-state index in [0.717, 1.165) is 42.4 Å². The second-order valence-electron chi connectivity index (χ2n) is 7.90. The predicted molar refractivity (Wildman–Crippen MR) is 118 cm³/mol. The van der Waals surface area contributed by atoms with Gasteiger partial charge in [-0.05, 0) is 71.2 Å². The van der Waals surface area contributed by atoms with Crippen molar-refractivity contribution in [2.75, 3.05) is 0 Å². The molecule has 30 heavy (non-hydrogen) atoms. The highest BCUT2D eigenvalue weighted by molar-refractivity contribution is 5.85. The first-order valence-corrected chi connectivity index (χ1v) is 10.6. The number of fused-ring (bicyclic) bond motifs is 1. The molecule has 0 unspecified atom stereocenters. The van der Waals surface area contributed by atoms with Gasteiger partial charge < -0.3 is 0 Å². The van der Waals surface area contributed by atoms with E-state index in [4.69, 9.17) is 0 Å². The number of allylic oxidation sites excluding steroid dienone is 1. The van der Waals surface area contributed by atoms with Gasteiger partial charge in [0.1, 0.15) is 5.82 Å². The van der Waals surface area contributed by atoms with Gasteiger partial charge in [-0.15, -0.1) is 0 Å². The highest BCUT2D eigenvalue weighted by atomic mass is 19.2. The lowest BCUT2D eigenvalue weighted by Crippen LogP contribution is -2.03.